The molecule has 1 aromatic carbocycles. The van der Waals surface area contributed by atoms with Crippen molar-refractivity contribution in [2.45, 2.75) is 26.2 Å². The van der Waals surface area contributed by atoms with Gasteiger partial charge in [0.2, 0.25) is 11.0 Å². The van der Waals surface area contributed by atoms with Gasteiger partial charge in [-0.15, -0.1) is 0 Å². The van der Waals surface area contributed by atoms with Crippen molar-refractivity contribution in [1.29, 1.82) is 0 Å². The summed E-state index contributed by atoms with van der Waals surface area (Å²) in [4.78, 5) is 41.3. The molecule has 2 N–H and O–H groups in total. The molecule has 0 radical (unpaired) electrons. The lowest BCUT2D eigenvalue weighted by Crippen LogP contribution is -2.24. The lowest BCUT2D eigenvalue weighted by atomic mass is 10.1. The molecule has 150 valence electrons. The second-order valence-electron chi connectivity index (χ2n) is 6.77. The number of H-pyrrole nitrogens is 1. The van der Waals surface area contributed by atoms with Gasteiger partial charge in [0.15, 0.2) is 0 Å². The van der Waals surface area contributed by atoms with Crippen LogP contribution in [0, 0.1) is 5.92 Å². The summed E-state index contributed by atoms with van der Waals surface area (Å²) in [5, 5.41) is 7.48. The van der Waals surface area contributed by atoms with E-state index in [1.807, 2.05) is 24.3 Å². The number of benzene rings is 1. The molecule has 29 heavy (non-hydrogen) atoms. The molecule has 0 aliphatic heterocycles. The maximum atomic E-state index is 13.1. The molecule has 1 fully saturated rings. The third-order valence-corrected chi connectivity index (χ3v) is 5.65. The van der Waals surface area contributed by atoms with E-state index >= 15 is 0 Å². The van der Waals surface area contributed by atoms with Gasteiger partial charge >= 0.3 is 5.97 Å². The molecule has 0 atom stereocenters. The average molecular weight is 413 g/mol. The van der Waals surface area contributed by atoms with Crippen LogP contribution in [0.15, 0.2) is 34.2 Å². The van der Waals surface area contributed by atoms with Crippen LogP contribution in [0.5, 0.6) is 0 Å². The number of hydrogen-bond donors (Lipinski definition) is 2. The molecule has 9 nitrogen and oxygen atoms in total. The van der Waals surface area contributed by atoms with Crippen LogP contribution in [0.2, 0.25) is 0 Å². The molecule has 0 unspecified atom stereocenters. The zero-order valence-electron chi connectivity index (χ0n) is 15.9. The van der Waals surface area contributed by atoms with E-state index in [1.165, 1.54) is 23.1 Å². The number of nitrogens with zero attached hydrogens (tertiary/aromatic N) is 3. The van der Waals surface area contributed by atoms with Gasteiger partial charge in [-0.2, -0.15) is 9.78 Å². The fraction of sp³-hybridized carbons (Fsp3) is 0.316. The number of carbonyl (C=O) groups excluding carboxylic acids is 2. The van der Waals surface area contributed by atoms with E-state index in [4.69, 9.17) is 4.74 Å². The van der Waals surface area contributed by atoms with Crippen molar-refractivity contribution >= 4 is 39.1 Å². The predicted octanol–water partition coefficient (Wildman–Crippen LogP) is 1.74. The van der Waals surface area contributed by atoms with Gasteiger partial charge in [-0.1, -0.05) is 23.5 Å². The Kier molecular flexibility index (Phi) is 5.01. The number of methoxy groups -OCH3 is 1. The minimum absolute atomic E-state index is 0.00767. The van der Waals surface area contributed by atoms with E-state index in [-0.39, 0.29) is 23.8 Å². The highest BCUT2D eigenvalue weighted by molar-refractivity contribution is 7.20. The fourth-order valence-electron chi connectivity index (χ4n) is 2.92. The van der Waals surface area contributed by atoms with Crippen LogP contribution in [0.3, 0.4) is 0 Å². The van der Waals surface area contributed by atoms with Crippen LogP contribution < -0.4 is 11.0 Å². The Morgan fingerprint density at radius 2 is 2.14 bits per heavy atom. The molecule has 2 heterocycles. The number of para-hydroxylation sites is 1. The van der Waals surface area contributed by atoms with Crippen molar-refractivity contribution in [3.63, 3.8) is 0 Å². The van der Waals surface area contributed by atoms with Gasteiger partial charge in [0.25, 0.3) is 5.56 Å². The first-order valence-electron chi connectivity index (χ1n) is 9.09. The minimum atomic E-state index is -0.501. The fourth-order valence-corrected chi connectivity index (χ4v) is 3.85. The lowest BCUT2D eigenvalue weighted by molar-refractivity contribution is -0.139. The topological polar surface area (TPSA) is 118 Å². The normalized spacial score (nSPS) is 14.2. The first kappa shape index (κ1) is 19.1. The maximum Gasteiger partial charge on any atom is 0.311 e. The highest BCUT2D eigenvalue weighted by atomic mass is 32.1. The zero-order valence-corrected chi connectivity index (χ0v) is 16.7. The SMILES string of the molecule is COC(=O)Cc1[nH]n(-c2nc3ccccc3s2)c(=O)c1C(C)=NNC(=O)C1CC1. The Labute approximate surface area is 169 Å². The largest absolute Gasteiger partial charge is 0.469 e. The molecular formula is C19H19N5O4S. The van der Waals surface area contributed by atoms with Crippen molar-refractivity contribution < 1.29 is 14.3 Å². The highest BCUT2D eigenvalue weighted by Gasteiger charge is 2.29. The Hall–Kier alpha value is -3.27. The molecule has 4 rings (SSSR count). The summed E-state index contributed by atoms with van der Waals surface area (Å²) in [5.74, 6) is -0.675. The van der Waals surface area contributed by atoms with Crippen molar-refractivity contribution in [2.75, 3.05) is 7.11 Å². The predicted molar refractivity (Wildman–Crippen MR) is 108 cm³/mol. The van der Waals surface area contributed by atoms with Gasteiger partial charge in [-0.05, 0) is 31.9 Å². The van der Waals surface area contributed by atoms with Gasteiger partial charge < -0.3 is 4.74 Å². The number of ether oxygens (including phenoxy) is 1. The number of aromatic nitrogens is 3. The highest BCUT2D eigenvalue weighted by Crippen LogP contribution is 2.28. The lowest BCUT2D eigenvalue weighted by Gasteiger charge is -2.02. The maximum absolute atomic E-state index is 13.1. The zero-order chi connectivity index (χ0) is 20.5. The van der Waals surface area contributed by atoms with Crippen LogP contribution in [-0.2, 0) is 20.7 Å². The monoisotopic (exact) mass is 413 g/mol. The van der Waals surface area contributed by atoms with E-state index in [0.29, 0.717) is 16.5 Å². The van der Waals surface area contributed by atoms with Crippen molar-refractivity contribution in [1.82, 2.24) is 20.2 Å². The Bertz CT molecular complexity index is 1150. The Balaban J connectivity index is 1.75. The van der Waals surface area contributed by atoms with Crippen LogP contribution in [-0.4, -0.2) is 39.5 Å². The summed E-state index contributed by atoms with van der Waals surface area (Å²) < 4.78 is 6.96. The number of hydrazone groups is 1. The molecule has 0 saturated heterocycles. The van der Waals surface area contributed by atoms with Crippen molar-refractivity contribution in [3.8, 4) is 5.13 Å². The molecule has 1 aliphatic rings. The second kappa shape index (κ2) is 7.63. The summed E-state index contributed by atoms with van der Waals surface area (Å²) in [6.45, 7) is 1.61. The molecule has 0 bridgehead atoms. The minimum Gasteiger partial charge on any atom is -0.469 e. The average Bonchev–Trinajstić information content (AvgIpc) is 3.40. The van der Waals surface area contributed by atoms with Crippen LogP contribution in [0.4, 0.5) is 0 Å². The van der Waals surface area contributed by atoms with Crippen molar-refractivity contribution in [3.05, 3.63) is 45.9 Å². The molecular weight excluding hydrogens is 394 g/mol. The third kappa shape index (κ3) is 3.83. The first-order valence-corrected chi connectivity index (χ1v) is 9.90. The standard InChI is InChI=1S/C19H19N5O4S/c1-10(21-22-17(26)11-7-8-11)16-13(9-15(25)28-2)23-24(18(16)27)19-20-12-5-3-4-6-14(12)29-19/h3-6,11,23H,7-9H2,1-2H3,(H,22,26). The summed E-state index contributed by atoms with van der Waals surface area (Å²) in [6, 6.07) is 7.55. The van der Waals surface area contributed by atoms with Gasteiger partial charge in [0.05, 0.1) is 40.7 Å². The Morgan fingerprint density at radius 3 is 2.83 bits per heavy atom. The summed E-state index contributed by atoms with van der Waals surface area (Å²) in [7, 11) is 1.28. The molecule has 0 spiro atoms. The Morgan fingerprint density at radius 1 is 1.38 bits per heavy atom. The number of hydrogen-bond acceptors (Lipinski definition) is 7. The van der Waals surface area contributed by atoms with E-state index < -0.39 is 11.5 Å². The number of esters is 1. The summed E-state index contributed by atoms with van der Waals surface area (Å²) >= 11 is 1.35. The number of carbonyl (C=O) groups is 2. The summed E-state index contributed by atoms with van der Waals surface area (Å²) in [5.41, 5.74) is 3.73. The van der Waals surface area contributed by atoms with Crippen LogP contribution in [0.1, 0.15) is 31.0 Å². The first-order chi connectivity index (χ1) is 14.0. The molecule has 1 amide bonds. The van der Waals surface area contributed by atoms with Crippen LogP contribution in [0.25, 0.3) is 15.3 Å². The number of thiazole rings is 1. The van der Waals surface area contributed by atoms with Gasteiger partial charge in [0, 0.05) is 5.92 Å². The molecule has 1 saturated carbocycles. The quantitative estimate of drug-likeness (QED) is 0.363. The summed E-state index contributed by atoms with van der Waals surface area (Å²) in [6.07, 6.45) is 1.56. The smallest absolute Gasteiger partial charge is 0.311 e. The number of nitrogens with one attached hydrogen (secondary N) is 2. The van der Waals surface area contributed by atoms with Gasteiger partial charge in [0.1, 0.15) is 0 Å². The van der Waals surface area contributed by atoms with E-state index in [9.17, 15) is 14.4 Å². The second-order valence-corrected chi connectivity index (χ2v) is 7.78. The van der Waals surface area contributed by atoms with Gasteiger partial charge in [-0.3, -0.25) is 19.5 Å². The third-order valence-electron chi connectivity index (χ3n) is 4.63. The van der Waals surface area contributed by atoms with E-state index in [0.717, 1.165) is 23.1 Å². The molecule has 2 aromatic heterocycles. The van der Waals surface area contributed by atoms with E-state index in [1.54, 1.807) is 6.92 Å². The number of aromatic amines is 1. The van der Waals surface area contributed by atoms with Crippen molar-refractivity contribution in [2.24, 2.45) is 11.0 Å². The number of rotatable bonds is 6. The molecule has 1 aliphatic carbocycles. The van der Waals surface area contributed by atoms with E-state index in [2.05, 4.69) is 20.6 Å². The van der Waals surface area contributed by atoms with Crippen LogP contribution >= 0.6 is 11.3 Å². The number of fused-ring (bicyclic) bond motifs is 1. The number of amides is 1. The molecule has 10 heteroatoms. The molecule has 3 aromatic rings. The van der Waals surface area contributed by atoms with Gasteiger partial charge in [-0.25, -0.2) is 10.4 Å².